The van der Waals surface area contributed by atoms with E-state index >= 15 is 0 Å². The average molecular weight is 288 g/mol. The molecule has 0 aromatic heterocycles. The smallest absolute Gasteiger partial charge is 0.227 e. The van der Waals surface area contributed by atoms with Crippen molar-refractivity contribution in [2.45, 2.75) is 6.42 Å². The van der Waals surface area contributed by atoms with Gasteiger partial charge in [-0.1, -0.05) is 35.3 Å². The molecule has 0 unspecified atom stereocenters. The Balaban J connectivity index is 2.82. The highest BCUT2D eigenvalue weighted by Gasteiger charge is 2.15. The Bertz CT molecular complexity index is 415. The normalized spacial score (nSPS) is 10.2. The Kier molecular flexibility index (Phi) is 6.19. The van der Waals surface area contributed by atoms with Crippen LogP contribution in [-0.4, -0.2) is 35.6 Å². The van der Waals surface area contributed by atoms with Crippen LogP contribution >= 0.6 is 23.2 Å². The molecular formula is C13H15Cl2NO2. The van der Waals surface area contributed by atoms with Crippen LogP contribution in [0, 0.1) is 0 Å². The summed E-state index contributed by atoms with van der Waals surface area (Å²) in [5.41, 5.74) is 0.609. The molecule has 3 nitrogen and oxygen atoms in total. The van der Waals surface area contributed by atoms with Crippen LogP contribution in [0.3, 0.4) is 0 Å². The first-order valence-corrected chi connectivity index (χ1v) is 6.28. The van der Waals surface area contributed by atoms with E-state index < -0.39 is 0 Å². The van der Waals surface area contributed by atoms with Crippen molar-refractivity contribution in [1.29, 1.82) is 0 Å². The Morgan fingerprint density at radius 3 is 2.50 bits per heavy atom. The lowest BCUT2D eigenvalue weighted by Crippen LogP contribution is -2.34. The Hall–Kier alpha value is -1.03. The Labute approximate surface area is 117 Å². The summed E-state index contributed by atoms with van der Waals surface area (Å²) in [6.07, 6.45) is 1.73. The van der Waals surface area contributed by atoms with Gasteiger partial charge < -0.3 is 10.0 Å². The number of benzene rings is 1. The van der Waals surface area contributed by atoms with Gasteiger partial charge in [0.1, 0.15) is 0 Å². The third kappa shape index (κ3) is 4.02. The number of halogens is 2. The molecule has 0 saturated carbocycles. The molecule has 5 heteroatoms. The van der Waals surface area contributed by atoms with Crippen LogP contribution in [0.1, 0.15) is 5.56 Å². The van der Waals surface area contributed by atoms with E-state index in [4.69, 9.17) is 28.3 Å². The highest BCUT2D eigenvalue weighted by Crippen LogP contribution is 2.25. The van der Waals surface area contributed by atoms with E-state index in [9.17, 15) is 4.79 Å². The molecule has 1 N–H and O–H groups in total. The first-order valence-electron chi connectivity index (χ1n) is 5.52. The lowest BCUT2D eigenvalue weighted by molar-refractivity contribution is -0.130. The second kappa shape index (κ2) is 7.41. The van der Waals surface area contributed by atoms with Gasteiger partial charge in [0.2, 0.25) is 5.91 Å². The number of amides is 1. The van der Waals surface area contributed by atoms with Crippen molar-refractivity contribution in [1.82, 2.24) is 4.90 Å². The minimum atomic E-state index is -0.140. The van der Waals surface area contributed by atoms with E-state index in [-0.39, 0.29) is 25.5 Å². The van der Waals surface area contributed by atoms with E-state index in [1.54, 1.807) is 24.3 Å². The Morgan fingerprint density at radius 1 is 1.39 bits per heavy atom. The zero-order chi connectivity index (χ0) is 13.5. The summed E-state index contributed by atoms with van der Waals surface area (Å²) < 4.78 is 0. The molecule has 0 spiro atoms. The Morgan fingerprint density at radius 2 is 2.00 bits per heavy atom. The number of aliphatic hydroxyl groups is 1. The molecule has 0 bridgehead atoms. The fourth-order valence-electron chi connectivity index (χ4n) is 1.56. The topological polar surface area (TPSA) is 40.5 Å². The summed E-state index contributed by atoms with van der Waals surface area (Å²) in [5.74, 6) is -0.140. The molecule has 0 atom stereocenters. The van der Waals surface area contributed by atoms with Gasteiger partial charge in [-0.3, -0.25) is 4.79 Å². The van der Waals surface area contributed by atoms with Gasteiger partial charge in [0.15, 0.2) is 0 Å². The van der Waals surface area contributed by atoms with Crippen LogP contribution in [-0.2, 0) is 11.2 Å². The molecule has 0 aliphatic carbocycles. The van der Waals surface area contributed by atoms with Gasteiger partial charge in [-0.05, 0) is 17.7 Å². The maximum atomic E-state index is 12.0. The van der Waals surface area contributed by atoms with Crippen molar-refractivity contribution < 1.29 is 9.90 Å². The van der Waals surface area contributed by atoms with Gasteiger partial charge in [-0.25, -0.2) is 0 Å². The molecule has 0 heterocycles. The maximum absolute atomic E-state index is 12.0. The predicted molar refractivity (Wildman–Crippen MR) is 74.0 cm³/mol. The minimum Gasteiger partial charge on any atom is -0.395 e. The van der Waals surface area contributed by atoms with Gasteiger partial charge in [-0.2, -0.15) is 0 Å². The number of nitrogens with zero attached hydrogens (tertiary/aromatic N) is 1. The van der Waals surface area contributed by atoms with Crippen LogP contribution in [0.5, 0.6) is 0 Å². The number of carbonyl (C=O) groups excluding carboxylic acids is 1. The zero-order valence-corrected chi connectivity index (χ0v) is 11.4. The van der Waals surface area contributed by atoms with Crippen LogP contribution in [0.2, 0.25) is 10.0 Å². The van der Waals surface area contributed by atoms with Crippen molar-refractivity contribution in [3.05, 3.63) is 46.5 Å². The lowest BCUT2D eigenvalue weighted by Gasteiger charge is -2.20. The first kappa shape index (κ1) is 15.0. The quantitative estimate of drug-likeness (QED) is 0.817. The molecule has 1 amide bonds. The van der Waals surface area contributed by atoms with E-state index in [0.717, 1.165) is 0 Å². The van der Waals surface area contributed by atoms with E-state index in [1.807, 2.05) is 0 Å². The summed E-state index contributed by atoms with van der Waals surface area (Å²) in [7, 11) is 0. The van der Waals surface area contributed by atoms with Crippen molar-refractivity contribution in [2.75, 3.05) is 19.7 Å². The summed E-state index contributed by atoms with van der Waals surface area (Å²) in [6.45, 7) is 4.15. The molecule has 0 fully saturated rings. The van der Waals surface area contributed by atoms with E-state index in [1.165, 1.54) is 4.90 Å². The van der Waals surface area contributed by atoms with Crippen molar-refractivity contribution in [2.24, 2.45) is 0 Å². The summed E-state index contributed by atoms with van der Waals surface area (Å²) >= 11 is 12.0. The highest BCUT2D eigenvalue weighted by atomic mass is 35.5. The monoisotopic (exact) mass is 287 g/mol. The SMILES string of the molecule is C=CCN(CCO)C(=O)Cc1c(Cl)cccc1Cl. The van der Waals surface area contributed by atoms with Crippen molar-refractivity contribution in [3.8, 4) is 0 Å². The van der Waals surface area contributed by atoms with Gasteiger partial charge in [-0.15, -0.1) is 6.58 Å². The van der Waals surface area contributed by atoms with Gasteiger partial charge >= 0.3 is 0 Å². The fraction of sp³-hybridized carbons (Fsp3) is 0.308. The fourth-order valence-corrected chi connectivity index (χ4v) is 2.09. The first-order chi connectivity index (χ1) is 8.60. The van der Waals surface area contributed by atoms with E-state index in [0.29, 0.717) is 22.2 Å². The standard InChI is InChI=1S/C13H15Cl2NO2/c1-2-6-16(7-8-17)13(18)9-10-11(14)4-3-5-12(10)15/h2-5,17H,1,6-9H2. The van der Waals surface area contributed by atoms with Gasteiger partial charge in [0.05, 0.1) is 13.0 Å². The number of aliphatic hydroxyl groups excluding tert-OH is 1. The molecule has 0 radical (unpaired) electrons. The average Bonchev–Trinajstić information content (AvgIpc) is 2.33. The summed E-state index contributed by atoms with van der Waals surface area (Å²) in [5, 5.41) is 9.85. The second-order valence-electron chi connectivity index (χ2n) is 3.73. The molecule has 98 valence electrons. The zero-order valence-electron chi connectivity index (χ0n) is 9.90. The molecule has 1 aromatic rings. The molecule has 18 heavy (non-hydrogen) atoms. The molecule has 0 saturated heterocycles. The van der Waals surface area contributed by atoms with Crippen LogP contribution in [0.4, 0.5) is 0 Å². The number of carbonyl (C=O) groups is 1. The highest BCUT2D eigenvalue weighted by molar-refractivity contribution is 6.36. The molecule has 0 aliphatic rings. The third-order valence-electron chi connectivity index (χ3n) is 2.46. The molecule has 1 aromatic carbocycles. The van der Waals surface area contributed by atoms with Gasteiger partial charge in [0.25, 0.3) is 0 Å². The van der Waals surface area contributed by atoms with Crippen LogP contribution < -0.4 is 0 Å². The second-order valence-corrected chi connectivity index (χ2v) is 4.54. The van der Waals surface area contributed by atoms with Gasteiger partial charge in [0, 0.05) is 23.1 Å². The number of hydrogen-bond acceptors (Lipinski definition) is 2. The summed E-state index contributed by atoms with van der Waals surface area (Å²) in [6, 6.07) is 5.12. The lowest BCUT2D eigenvalue weighted by atomic mass is 10.1. The summed E-state index contributed by atoms with van der Waals surface area (Å²) in [4.78, 5) is 13.6. The largest absolute Gasteiger partial charge is 0.395 e. The van der Waals surface area contributed by atoms with Crippen LogP contribution in [0.25, 0.3) is 0 Å². The molecule has 0 aliphatic heterocycles. The maximum Gasteiger partial charge on any atom is 0.227 e. The van der Waals surface area contributed by atoms with E-state index in [2.05, 4.69) is 6.58 Å². The number of rotatable bonds is 6. The third-order valence-corrected chi connectivity index (χ3v) is 3.17. The van der Waals surface area contributed by atoms with Crippen molar-refractivity contribution in [3.63, 3.8) is 0 Å². The predicted octanol–water partition coefficient (Wildman–Crippen LogP) is 2.54. The molecule has 1 rings (SSSR count). The molecular weight excluding hydrogens is 273 g/mol. The van der Waals surface area contributed by atoms with Crippen molar-refractivity contribution >= 4 is 29.1 Å². The minimum absolute atomic E-state index is 0.0875. The van der Waals surface area contributed by atoms with Crippen LogP contribution in [0.15, 0.2) is 30.9 Å². The number of hydrogen-bond donors (Lipinski definition) is 1.